The molecule has 1 heterocycles. The smallest absolute Gasteiger partial charge is 0.136 e. The summed E-state index contributed by atoms with van der Waals surface area (Å²) in [6.07, 6.45) is 0.122. The summed E-state index contributed by atoms with van der Waals surface area (Å²) in [5.74, 6) is 0. The van der Waals surface area contributed by atoms with Gasteiger partial charge in [-0.05, 0) is 24.2 Å². The van der Waals surface area contributed by atoms with Crippen molar-refractivity contribution in [2.45, 2.75) is 13.2 Å². The van der Waals surface area contributed by atoms with Crippen LogP contribution >= 0.6 is 11.6 Å². The predicted molar refractivity (Wildman–Crippen MR) is 57.4 cm³/mol. The van der Waals surface area contributed by atoms with Crippen LogP contribution in [-0.4, -0.2) is 24.6 Å². The zero-order valence-corrected chi connectivity index (χ0v) is 9.00. The zero-order chi connectivity index (χ0) is 9.97. The molecular formula is C11H14ClNO. The van der Waals surface area contributed by atoms with Gasteiger partial charge >= 0.3 is 0 Å². The zero-order valence-electron chi connectivity index (χ0n) is 8.24. The Kier molecular flexibility index (Phi) is 3.06. The molecule has 0 saturated carbocycles. The largest absolute Gasteiger partial charge is 0.358 e. The van der Waals surface area contributed by atoms with Crippen LogP contribution < -0.4 is 0 Å². The molecule has 0 spiro atoms. The standard InChI is InChI=1S/C11H14ClNO/c1-2-13-7-8-14-11(13)9-3-5-10(12)6-4-9/h3-6,11H,2,7-8H2,1H3. The van der Waals surface area contributed by atoms with Crippen molar-refractivity contribution in [3.05, 3.63) is 34.9 Å². The van der Waals surface area contributed by atoms with E-state index in [4.69, 9.17) is 16.3 Å². The second kappa shape index (κ2) is 4.30. The van der Waals surface area contributed by atoms with E-state index in [1.807, 2.05) is 24.3 Å². The summed E-state index contributed by atoms with van der Waals surface area (Å²) < 4.78 is 5.67. The molecule has 0 bridgehead atoms. The molecule has 76 valence electrons. The summed E-state index contributed by atoms with van der Waals surface area (Å²) >= 11 is 5.83. The average molecular weight is 212 g/mol. The van der Waals surface area contributed by atoms with Crippen molar-refractivity contribution >= 4 is 11.6 Å². The highest BCUT2D eigenvalue weighted by Gasteiger charge is 2.24. The van der Waals surface area contributed by atoms with E-state index < -0.39 is 0 Å². The molecule has 1 atom stereocenters. The van der Waals surface area contributed by atoms with Gasteiger partial charge in [-0.25, -0.2) is 0 Å². The molecule has 0 radical (unpaired) electrons. The molecule has 14 heavy (non-hydrogen) atoms. The fourth-order valence-electron chi connectivity index (χ4n) is 1.76. The SMILES string of the molecule is CCN1CCOC1c1ccc(Cl)cc1. The monoisotopic (exact) mass is 211 g/mol. The van der Waals surface area contributed by atoms with Gasteiger partial charge in [-0.3, -0.25) is 4.90 Å². The number of rotatable bonds is 2. The van der Waals surface area contributed by atoms with Gasteiger partial charge in [-0.15, -0.1) is 0 Å². The van der Waals surface area contributed by atoms with Crippen LogP contribution in [0.3, 0.4) is 0 Å². The van der Waals surface area contributed by atoms with Gasteiger partial charge in [0.2, 0.25) is 0 Å². The van der Waals surface area contributed by atoms with Crippen LogP contribution in [0.2, 0.25) is 5.02 Å². The molecule has 1 aromatic carbocycles. The summed E-state index contributed by atoms with van der Waals surface area (Å²) in [5.41, 5.74) is 1.19. The first-order chi connectivity index (χ1) is 6.81. The molecule has 0 aromatic heterocycles. The van der Waals surface area contributed by atoms with Crippen molar-refractivity contribution in [2.75, 3.05) is 19.7 Å². The molecule has 0 N–H and O–H groups in total. The fourth-order valence-corrected chi connectivity index (χ4v) is 1.89. The van der Waals surface area contributed by atoms with Crippen LogP contribution in [0, 0.1) is 0 Å². The van der Waals surface area contributed by atoms with Crippen molar-refractivity contribution in [1.82, 2.24) is 4.90 Å². The molecule has 1 saturated heterocycles. The summed E-state index contributed by atoms with van der Waals surface area (Å²) in [7, 11) is 0. The van der Waals surface area contributed by atoms with Crippen LogP contribution in [0.5, 0.6) is 0 Å². The molecule has 0 aliphatic carbocycles. The lowest BCUT2D eigenvalue weighted by Gasteiger charge is -2.21. The number of hydrogen-bond acceptors (Lipinski definition) is 2. The number of ether oxygens (including phenoxy) is 1. The Morgan fingerprint density at radius 2 is 2.14 bits per heavy atom. The van der Waals surface area contributed by atoms with Gasteiger partial charge in [-0.1, -0.05) is 30.7 Å². The highest BCUT2D eigenvalue weighted by Crippen LogP contribution is 2.26. The molecule has 1 unspecified atom stereocenters. The maximum atomic E-state index is 5.83. The first-order valence-electron chi connectivity index (χ1n) is 4.92. The Bertz CT molecular complexity index is 299. The van der Waals surface area contributed by atoms with Gasteiger partial charge in [0, 0.05) is 11.6 Å². The van der Waals surface area contributed by atoms with Gasteiger partial charge in [0.05, 0.1) is 6.61 Å². The fraction of sp³-hybridized carbons (Fsp3) is 0.455. The van der Waals surface area contributed by atoms with Gasteiger partial charge in [-0.2, -0.15) is 0 Å². The number of nitrogens with zero attached hydrogens (tertiary/aromatic N) is 1. The minimum atomic E-state index is 0.122. The Labute approximate surface area is 89.4 Å². The Morgan fingerprint density at radius 3 is 2.79 bits per heavy atom. The lowest BCUT2D eigenvalue weighted by Crippen LogP contribution is -2.23. The Balaban J connectivity index is 2.17. The van der Waals surface area contributed by atoms with Crippen molar-refractivity contribution in [1.29, 1.82) is 0 Å². The van der Waals surface area contributed by atoms with Gasteiger partial charge < -0.3 is 4.74 Å². The molecule has 1 aliphatic rings. The predicted octanol–water partition coefficient (Wildman–Crippen LogP) is 2.69. The quantitative estimate of drug-likeness (QED) is 0.746. The van der Waals surface area contributed by atoms with E-state index >= 15 is 0 Å². The molecule has 2 rings (SSSR count). The van der Waals surface area contributed by atoms with Crippen LogP contribution in [0.25, 0.3) is 0 Å². The molecular weight excluding hydrogens is 198 g/mol. The van der Waals surface area contributed by atoms with Crippen molar-refractivity contribution in [2.24, 2.45) is 0 Å². The number of likely N-dealkylation sites (N-methyl/N-ethyl adjacent to an activating group) is 1. The normalized spacial score (nSPS) is 22.9. The summed E-state index contributed by atoms with van der Waals surface area (Å²) in [6, 6.07) is 7.88. The summed E-state index contributed by atoms with van der Waals surface area (Å²) in [5, 5.41) is 0.773. The number of hydrogen-bond donors (Lipinski definition) is 0. The third-order valence-electron chi connectivity index (χ3n) is 2.55. The maximum absolute atomic E-state index is 5.83. The van der Waals surface area contributed by atoms with Crippen LogP contribution in [0.1, 0.15) is 18.7 Å². The van der Waals surface area contributed by atoms with Gasteiger partial charge in [0.1, 0.15) is 6.23 Å². The highest BCUT2D eigenvalue weighted by atomic mass is 35.5. The minimum absolute atomic E-state index is 0.122. The van der Waals surface area contributed by atoms with E-state index in [1.54, 1.807) is 0 Å². The molecule has 3 heteroatoms. The van der Waals surface area contributed by atoms with E-state index in [0.29, 0.717) is 0 Å². The Hall–Kier alpha value is -0.570. The lowest BCUT2D eigenvalue weighted by atomic mass is 10.2. The third kappa shape index (κ3) is 1.92. The van der Waals surface area contributed by atoms with E-state index in [2.05, 4.69) is 11.8 Å². The second-order valence-electron chi connectivity index (χ2n) is 3.40. The minimum Gasteiger partial charge on any atom is -0.358 e. The Morgan fingerprint density at radius 1 is 1.43 bits per heavy atom. The average Bonchev–Trinajstić information content (AvgIpc) is 2.67. The van der Waals surface area contributed by atoms with Crippen LogP contribution in [0.4, 0.5) is 0 Å². The van der Waals surface area contributed by atoms with E-state index in [-0.39, 0.29) is 6.23 Å². The topological polar surface area (TPSA) is 12.5 Å². The lowest BCUT2D eigenvalue weighted by molar-refractivity contribution is 0.0353. The molecule has 1 aliphatic heterocycles. The first kappa shape index (κ1) is 9.97. The third-order valence-corrected chi connectivity index (χ3v) is 2.80. The van der Waals surface area contributed by atoms with Crippen molar-refractivity contribution in [3.8, 4) is 0 Å². The summed E-state index contributed by atoms with van der Waals surface area (Å²) in [4.78, 5) is 2.31. The molecule has 2 nitrogen and oxygen atoms in total. The van der Waals surface area contributed by atoms with Gasteiger partial charge in [0.25, 0.3) is 0 Å². The second-order valence-corrected chi connectivity index (χ2v) is 3.84. The number of benzene rings is 1. The molecule has 0 amide bonds. The van der Waals surface area contributed by atoms with Crippen LogP contribution in [-0.2, 0) is 4.74 Å². The first-order valence-corrected chi connectivity index (χ1v) is 5.30. The molecule has 1 aromatic rings. The van der Waals surface area contributed by atoms with E-state index in [9.17, 15) is 0 Å². The van der Waals surface area contributed by atoms with Gasteiger partial charge in [0.15, 0.2) is 0 Å². The van der Waals surface area contributed by atoms with Crippen molar-refractivity contribution in [3.63, 3.8) is 0 Å². The maximum Gasteiger partial charge on any atom is 0.136 e. The summed E-state index contributed by atoms with van der Waals surface area (Å²) in [6.45, 7) is 5.01. The van der Waals surface area contributed by atoms with E-state index in [1.165, 1.54) is 5.56 Å². The number of halogens is 1. The van der Waals surface area contributed by atoms with Crippen LogP contribution in [0.15, 0.2) is 24.3 Å². The highest BCUT2D eigenvalue weighted by molar-refractivity contribution is 6.30. The molecule has 1 fully saturated rings. The van der Waals surface area contributed by atoms with Crippen molar-refractivity contribution < 1.29 is 4.74 Å². The van der Waals surface area contributed by atoms with E-state index in [0.717, 1.165) is 24.7 Å².